The van der Waals surface area contributed by atoms with Gasteiger partial charge in [-0.3, -0.25) is 19.9 Å². The maximum Gasteiger partial charge on any atom is 0.336 e. The minimum atomic E-state index is -1.02. The second kappa shape index (κ2) is 11.0. The first-order valence-electron chi connectivity index (χ1n) is 9.88. The summed E-state index contributed by atoms with van der Waals surface area (Å²) in [5, 5.41) is 11.3. The number of carbonyl (C=O) groups is 3. The highest BCUT2D eigenvalue weighted by molar-refractivity contribution is 6.07. The number of non-ortho nitro benzene ring substituents is 1. The molecule has 32 heavy (non-hydrogen) atoms. The van der Waals surface area contributed by atoms with Crippen molar-refractivity contribution in [2.24, 2.45) is 10.9 Å². The molecule has 0 aromatic heterocycles. The van der Waals surface area contributed by atoms with Crippen molar-refractivity contribution in [3.63, 3.8) is 0 Å². The monoisotopic (exact) mass is 444 g/mol. The predicted octanol–water partition coefficient (Wildman–Crippen LogP) is 2.88. The number of allylic oxidation sites excluding steroid dienone is 1. The summed E-state index contributed by atoms with van der Waals surface area (Å²) in [6.07, 6.45) is 2.37. The Morgan fingerprint density at radius 3 is 2.47 bits per heavy atom. The van der Waals surface area contributed by atoms with Crippen LogP contribution in [0.15, 0.2) is 52.7 Å². The largest absolute Gasteiger partial charge is 0.466 e. The van der Waals surface area contributed by atoms with Gasteiger partial charge in [-0.15, -0.1) is 0 Å². The number of benzene rings is 1. The molecule has 0 spiro atoms. The molecule has 0 bridgehead atoms. The minimum Gasteiger partial charge on any atom is -0.466 e. The van der Waals surface area contributed by atoms with E-state index in [-0.39, 0.29) is 30.2 Å². The number of carbonyl (C=O) groups excluding carboxylic acids is 3. The fraction of sp³-hybridized carbons (Fsp3) is 0.364. The number of nitro groups is 1. The zero-order valence-electron chi connectivity index (χ0n) is 18.2. The van der Waals surface area contributed by atoms with Gasteiger partial charge in [-0.05, 0) is 32.4 Å². The molecule has 1 aliphatic rings. The van der Waals surface area contributed by atoms with Crippen LogP contribution >= 0.6 is 0 Å². The Morgan fingerprint density at radius 1 is 1.19 bits per heavy atom. The van der Waals surface area contributed by atoms with E-state index in [2.05, 4.69) is 9.73 Å². The van der Waals surface area contributed by atoms with Gasteiger partial charge in [0.05, 0.1) is 36.5 Å². The summed E-state index contributed by atoms with van der Waals surface area (Å²) in [5.41, 5.74) is 0.510. The van der Waals surface area contributed by atoms with Crippen LogP contribution in [0, 0.1) is 16.0 Å². The molecule has 2 unspecified atom stereocenters. The number of esters is 3. The number of nitrogens with zero attached hydrogens (tertiary/aromatic N) is 2. The maximum absolute atomic E-state index is 13.0. The Morgan fingerprint density at radius 2 is 1.88 bits per heavy atom. The molecular weight excluding hydrogens is 420 g/mol. The lowest BCUT2D eigenvalue weighted by Crippen LogP contribution is -2.36. The number of ether oxygens (including phenoxy) is 3. The number of nitro benzene ring substituents is 1. The third kappa shape index (κ3) is 5.45. The van der Waals surface area contributed by atoms with E-state index in [9.17, 15) is 24.5 Å². The Labute approximate surface area is 184 Å². The van der Waals surface area contributed by atoms with E-state index < -0.39 is 34.7 Å². The Bertz CT molecular complexity index is 1010. The standard InChI is InChI=1S/C22H24N2O8/c1-5-31-21(26)18-13(3)23-16(10-11-17(25)30-4)20(22(27)32-6-2)19(18)14-8-7-9-15(12-14)24(28)29/h7-12,18-19H,5-6H2,1-4H3/b11-10+. The first kappa shape index (κ1) is 24.4. The molecule has 0 radical (unpaired) electrons. The summed E-state index contributed by atoms with van der Waals surface area (Å²) in [6, 6.07) is 5.63. The molecule has 2 atom stereocenters. The van der Waals surface area contributed by atoms with Crippen LogP contribution < -0.4 is 0 Å². The molecule has 0 aliphatic carbocycles. The second-order valence-electron chi connectivity index (χ2n) is 6.69. The van der Waals surface area contributed by atoms with Crippen molar-refractivity contribution < 1.29 is 33.5 Å². The summed E-state index contributed by atoms with van der Waals surface area (Å²) in [5.74, 6) is -4.08. The lowest BCUT2D eigenvalue weighted by molar-refractivity contribution is -0.384. The lowest BCUT2D eigenvalue weighted by atomic mass is 9.75. The van der Waals surface area contributed by atoms with Crippen LogP contribution in [0.4, 0.5) is 5.69 Å². The van der Waals surface area contributed by atoms with Gasteiger partial charge in [0.1, 0.15) is 5.92 Å². The number of hydrogen-bond acceptors (Lipinski definition) is 9. The normalized spacial score (nSPS) is 18.2. The van der Waals surface area contributed by atoms with Crippen LogP contribution in [-0.2, 0) is 28.6 Å². The average molecular weight is 444 g/mol. The first-order valence-corrected chi connectivity index (χ1v) is 9.88. The minimum absolute atomic E-state index is 0.0174. The molecule has 0 fully saturated rings. The molecule has 10 heteroatoms. The highest BCUT2D eigenvalue weighted by Crippen LogP contribution is 2.41. The number of hydrogen-bond donors (Lipinski definition) is 0. The van der Waals surface area contributed by atoms with Crippen LogP contribution in [0.2, 0.25) is 0 Å². The molecule has 0 saturated heterocycles. The van der Waals surface area contributed by atoms with Crippen LogP contribution in [-0.4, -0.2) is 48.9 Å². The number of methoxy groups -OCH3 is 1. The number of rotatable bonds is 8. The van der Waals surface area contributed by atoms with Gasteiger partial charge in [0.15, 0.2) is 0 Å². The van der Waals surface area contributed by atoms with Crippen molar-refractivity contribution in [2.75, 3.05) is 20.3 Å². The lowest BCUT2D eigenvalue weighted by Gasteiger charge is -2.31. The van der Waals surface area contributed by atoms with Crippen LogP contribution in [0.25, 0.3) is 0 Å². The van der Waals surface area contributed by atoms with Crippen molar-refractivity contribution in [1.29, 1.82) is 0 Å². The van der Waals surface area contributed by atoms with Crippen LogP contribution in [0.3, 0.4) is 0 Å². The molecule has 1 aliphatic heterocycles. The second-order valence-corrected chi connectivity index (χ2v) is 6.69. The fourth-order valence-electron chi connectivity index (χ4n) is 3.40. The Kier molecular flexibility index (Phi) is 8.39. The van der Waals surface area contributed by atoms with Crippen molar-refractivity contribution in [1.82, 2.24) is 0 Å². The highest BCUT2D eigenvalue weighted by atomic mass is 16.6. The van der Waals surface area contributed by atoms with E-state index in [0.717, 1.165) is 6.08 Å². The van der Waals surface area contributed by atoms with Crippen LogP contribution in [0.5, 0.6) is 0 Å². The Hall–Kier alpha value is -3.82. The van der Waals surface area contributed by atoms with E-state index in [1.807, 2.05) is 0 Å². The molecule has 2 rings (SSSR count). The number of aliphatic imine (C=N–C) groups is 1. The summed E-state index contributed by atoms with van der Waals surface area (Å²) < 4.78 is 15.0. The summed E-state index contributed by atoms with van der Waals surface area (Å²) >= 11 is 0. The van der Waals surface area contributed by atoms with Crippen LogP contribution in [0.1, 0.15) is 32.3 Å². The van der Waals surface area contributed by atoms with Gasteiger partial charge in [-0.1, -0.05) is 12.1 Å². The quantitative estimate of drug-likeness (QED) is 0.196. The van der Waals surface area contributed by atoms with Crippen molar-refractivity contribution in [2.45, 2.75) is 26.7 Å². The van der Waals surface area contributed by atoms with E-state index in [1.54, 1.807) is 26.8 Å². The third-order valence-corrected chi connectivity index (χ3v) is 4.72. The molecule has 1 heterocycles. The molecule has 1 aromatic rings. The van der Waals surface area contributed by atoms with Gasteiger partial charge in [-0.25, -0.2) is 9.59 Å². The summed E-state index contributed by atoms with van der Waals surface area (Å²) in [4.78, 5) is 52.6. The molecule has 0 amide bonds. The van der Waals surface area contributed by atoms with Gasteiger partial charge in [0, 0.05) is 29.8 Å². The van der Waals surface area contributed by atoms with Crippen molar-refractivity contribution >= 4 is 29.3 Å². The Balaban J connectivity index is 2.80. The van der Waals surface area contributed by atoms with Gasteiger partial charge in [0.2, 0.25) is 0 Å². The average Bonchev–Trinajstić information content (AvgIpc) is 2.76. The maximum atomic E-state index is 13.0. The fourth-order valence-corrected chi connectivity index (χ4v) is 3.40. The topological polar surface area (TPSA) is 134 Å². The van der Waals surface area contributed by atoms with E-state index >= 15 is 0 Å². The molecule has 170 valence electrons. The zero-order chi connectivity index (χ0) is 23.8. The summed E-state index contributed by atoms with van der Waals surface area (Å²) in [7, 11) is 1.20. The van der Waals surface area contributed by atoms with Gasteiger partial charge >= 0.3 is 17.9 Å². The van der Waals surface area contributed by atoms with Gasteiger partial charge in [-0.2, -0.15) is 0 Å². The SMILES string of the molecule is CCOC(=O)C1=C(/C=C/C(=O)OC)N=C(C)C(C(=O)OCC)C1c1cccc([N+](=O)[O-])c1. The van der Waals surface area contributed by atoms with Crippen molar-refractivity contribution in [3.05, 3.63) is 63.4 Å². The highest BCUT2D eigenvalue weighted by Gasteiger charge is 2.43. The first-order chi connectivity index (χ1) is 15.2. The van der Waals surface area contributed by atoms with Gasteiger partial charge < -0.3 is 14.2 Å². The van der Waals surface area contributed by atoms with E-state index in [4.69, 9.17) is 9.47 Å². The summed E-state index contributed by atoms with van der Waals surface area (Å²) in [6.45, 7) is 4.98. The van der Waals surface area contributed by atoms with Gasteiger partial charge in [0.25, 0.3) is 5.69 Å². The molecule has 0 N–H and O–H groups in total. The molecule has 1 aromatic carbocycles. The molecule has 10 nitrogen and oxygen atoms in total. The smallest absolute Gasteiger partial charge is 0.336 e. The van der Waals surface area contributed by atoms with E-state index in [0.29, 0.717) is 11.3 Å². The zero-order valence-corrected chi connectivity index (χ0v) is 18.2. The van der Waals surface area contributed by atoms with Crippen molar-refractivity contribution in [3.8, 4) is 0 Å². The molecule has 0 saturated carbocycles. The third-order valence-electron chi connectivity index (χ3n) is 4.72. The molecular formula is C22H24N2O8. The predicted molar refractivity (Wildman–Crippen MR) is 114 cm³/mol. The van der Waals surface area contributed by atoms with E-state index in [1.165, 1.54) is 31.4 Å².